The van der Waals surface area contributed by atoms with E-state index in [0.717, 1.165) is 42.5 Å². The lowest BCUT2D eigenvalue weighted by atomic mass is 9.91. The molecule has 0 saturated heterocycles. The number of nitrogens with zero attached hydrogens (tertiary/aromatic N) is 1. The van der Waals surface area contributed by atoms with Gasteiger partial charge in [0, 0.05) is 18.2 Å². The van der Waals surface area contributed by atoms with Crippen LogP contribution < -0.4 is 10.2 Å². The Morgan fingerprint density at radius 1 is 1.04 bits per heavy atom. The summed E-state index contributed by atoms with van der Waals surface area (Å²) in [4.78, 5) is 27.4. The summed E-state index contributed by atoms with van der Waals surface area (Å²) in [7, 11) is 0. The van der Waals surface area contributed by atoms with Crippen molar-refractivity contribution in [3.05, 3.63) is 65.7 Å². The number of benzene rings is 2. The molecule has 1 aliphatic heterocycles. The number of amides is 2. The molecule has 4 heteroatoms. The van der Waals surface area contributed by atoms with Gasteiger partial charge < -0.3 is 10.2 Å². The number of rotatable bonds is 7. The summed E-state index contributed by atoms with van der Waals surface area (Å²) in [5, 5.41) is 3.19. The van der Waals surface area contributed by atoms with Crippen LogP contribution in [0.2, 0.25) is 0 Å². The fourth-order valence-electron chi connectivity index (χ4n) is 4.00. The highest BCUT2D eigenvalue weighted by atomic mass is 16.2. The number of hydrogen-bond acceptors (Lipinski definition) is 2. The summed E-state index contributed by atoms with van der Waals surface area (Å²) in [5.74, 6) is 0.198. The second-order valence-corrected chi connectivity index (χ2v) is 7.65. The van der Waals surface area contributed by atoms with E-state index in [1.165, 1.54) is 0 Å². The molecule has 2 atom stereocenters. The van der Waals surface area contributed by atoms with Crippen LogP contribution in [0, 0.1) is 0 Å². The maximum Gasteiger partial charge on any atom is 0.227 e. The molecule has 2 amide bonds. The zero-order chi connectivity index (χ0) is 19.9. The zero-order valence-electron chi connectivity index (χ0n) is 16.9. The van der Waals surface area contributed by atoms with Crippen LogP contribution in [-0.4, -0.2) is 17.9 Å². The second-order valence-electron chi connectivity index (χ2n) is 7.65. The van der Waals surface area contributed by atoms with Crippen LogP contribution in [0.15, 0.2) is 54.6 Å². The first-order chi connectivity index (χ1) is 13.6. The highest BCUT2D eigenvalue weighted by Gasteiger charge is 2.33. The monoisotopic (exact) mass is 378 g/mol. The Morgan fingerprint density at radius 2 is 1.75 bits per heavy atom. The maximum atomic E-state index is 12.9. The van der Waals surface area contributed by atoms with Crippen LogP contribution >= 0.6 is 0 Å². The van der Waals surface area contributed by atoms with Crippen molar-refractivity contribution in [2.45, 2.75) is 64.5 Å². The lowest BCUT2D eigenvalue weighted by molar-refractivity contribution is -0.121. The molecule has 1 heterocycles. The first-order valence-corrected chi connectivity index (χ1v) is 10.3. The van der Waals surface area contributed by atoms with Crippen molar-refractivity contribution in [3.63, 3.8) is 0 Å². The summed E-state index contributed by atoms with van der Waals surface area (Å²) < 4.78 is 0. The summed E-state index contributed by atoms with van der Waals surface area (Å²) >= 11 is 0. The fourth-order valence-corrected chi connectivity index (χ4v) is 4.00. The summed E-state index contributed by atoms with van der Waals surface area (Å²) in [6.45, 7) is 4.22. The van der Waals surface area contributed by atoms with Gasteiger partial charge in [-0.2, -0.15) is 0 Å². The summed E-state index contributed by atoms with van der Waals surface area (Å²) in [5.41, 5.74) is 2.98. The van der Waals surface area contributed by atoms with Gasteiger partial charge >= 0.3 is 0 Å². The largest absolute Gasteiger partial charge is 0.349 e. The molecule has 148 valence electrons. The molecule has 2 aromatic carbocycles. The number of carbonyl (C=O) groups excluding carboxylic acids is 2. The molecule has 0 fully saturated rings. The number of fused-ring (bicyclic) bond motifs is 1. The number of nitrogens with one attached hydrogen (secondary N) is 1. The van der Waals surface area contributed by atoms with Crippen LogP contribution in [0.5, 0.6) is 0 Å². The number of para-hydroxylation sites is 1. The van der Waals surface area contributed by atoms with Gasteiger partial charge in [0.25, 0.3) is 0 Å². The van der Waals surface area contributed by atoms with E-state index in [0.29, 0.717) is 12.8 Å². The van der Waals surface area contributed by atoms with E-state index in [2.05, 4.69) is 19.2 Å². The smallest absolute Gasteiger partial charge is 0.227 e. The predicted octanol–water partition coefficient (Wildman–Crippen LogP) is 4.79. The highest BCUT2D eigenvalue weighted by molar-refractivity contribution is 5.95. The average Bonchev–Trinajstić information content (AvgIpc) is 2.69. The Bertz CT molecular complexity index is 803. The molecule has 0 bridgehead atoms. The molecule has 2 unspecified atom stereocenters. The Hall–Kier alpha value is -2.62. The standard InChI is InChI=1S/C24H30N2O2/c1-3-4-6-15-24(28)26-18(2)16-21(20-13-9-10-14-22(20)26)25-23(27)17-19-11-7-5-8-12-19/h5,7-14,18,21H,3-4,6,15-17H2,1-2H3,(H,25,27). The van der Waals surface area contributed by atoms with Crippen LogP contribution in [-0.2, 0) is 16.0 Å². The van der Waals surface area contributed by atoms with Gasteiger partial charge in [0.1, 0.15) is 0 Å². The molecule has 1 aliphatic rings. The van der Waals surface area contributed by atoms with Crippen molar-refractivity contribution in [2.24, 2.45) is 0 Å². The maximum absolute atomic E-state index is 12.9. The van der Waals surface area contributed by atoms with E-state index >= 15 is 0 Å². The van der Waals surface area contributed by atoms with Crippen LogP contribution in [0.25, 0.3) is 0 Å². The Kier molecular flexibility index (Phi) is 6.85. The van der Waals surface area contributed by atoms with E-state index in [9.17, 15) is 9.59 Å². The first kappa shape index (κ1) is 20.1. The van der Waals surface area contributed by atoms with Gasteiger partial charge in [-0.25, -0.2) is 0 Å². The molecule has 0 radical (unpaired) electrons. The molecule has 0 aromatic heterocycles. The Labute approximate surface area is 167 Å². The van der Waals surface area contributed by atoms with Crippen molar-refractivity contribution < 1.29 is 9.59 Å². The van der Waals surface area contributed by atoms with Crippen molar-refractivity contribution in [1.29, 1.82) is 0 Å². The van der Waals surface area contributed by atoms with Crippen LogP contribution in [0.4, 0.5) is 5.69 Å². The average molecular weight is 379 g/mol. The fraction of sp³-hybridized carbons (Fsp3) is 0.417. The lowest BCUT2D eigenvalue weighted by Crippen LogP contribution is -2.46. The van der Waals surface area contributed by atoms with Gasteiger partial charge in [-0.1, -0.05) is 68.3 Å². The molecule has 0 saturated carbocycles. The van der Waals surface area contributed by atoms with E-state index in [1.54, 1.807) is 0 Å². The van der Waals surface area contributed by atoms with Gasteiger partial charge in [-0.05, 0) is 37.0 Å². The van der Waals surface area contributed by atoms with Crippen LogP contribution in [0.3, 0.4) is 0 Å². The predicted molar refractivity (Wildman–Crippen MR) is 113 cm³/mol. The van der Waals surface area contributed by atoms with E-state index in [4.69, 9.17) is 0 Å². The van der Waals surface area contributed by atoms with E-state index in [-0.39, 0.29) is 23.9 Å². The molecule has 4 nitrogen and oxygen atoms in total. The minimum Gasteiger partial charge on any atom is -0.349 e. The molecule has 2 aromatic rings. The second kappa shape index (κ2) is 9.54. The lowest BCUT2D eigenvalue weighted by Gasteiger charge is -2.39. The van der Waals surface area contributed by atoms with Crippen molar-refractivity contribution >= 4 is 17.5 Å². The van der Waals surface area contributed by atoms with Gasteiger partial charge in [0.15, 0.2) is 0 Å². The molecule has 0 aliphatic carbocycles. The quantitative estimate of drug-likeness (QED) is 0.704. The Morgan fingerprint density at radius 3 is 2.50 bits per heavy atom. The Balaban J connectivity index is 1.74. The number of anilines is 1. The van der Waals surface area contributed by atoms with Crippen molar-refractivity contribution in [3.8, 4) is 0 Å². The number of carbonyl (C=O) groups is 2. The van der Waals surface area contributed by atoms with Crippen molar-refractivity contribution in [1.82, 2.24) is 5.32 Å². The minimum atomic E-state index is -0.0675. The van der Waals surface area contributed by atoms with Gasteiger partial charge in [0.05, 0.1) is 12.5 Å². The van der Waals surface area contributed by atoms with Crippen molar-refractivity contribution in [2.75, 3.05) is 4.90 Å². The third-order valence-electron chi connectivity index (χ3n) is 5.39. The highest BCUT2D eigenvalue weighted by Crippen LogP contribution is 2.37. The molecule has 3 rings (SSSR count). The summed E-state index contributed by atoms with van der Waals surface area (Å²) in [6, 6.07) is 17.7. The van der Waals surface area contributed by atoms with Gasteiger partial charge in [-0.15, -0.1) is 0 Å². The molecule has 0 spiro atoms. The number of unbranched alkanes of at least 4 members (excludes halogenated alkanes) is 2. The SMILES string of the molecule is CCCCCC(=O)N1c2ccccc2C(NC(=O)Cc2ccccc2)CC1C. The van der Waals surface area contributed by atoms with Crippen LogP contribution in [0.1, 0.15) is 63.1 Å². The first-order valence-electron chi connectivity index (χ1n) is 10.3. The van der Waals surface area contributed by atoms with Gasteiger partial charge in [-0.3, -0.25) is 9.59 Å². The molecular formula is C24H30N2O2. The third kappa shape index (κ3) is 4.80. The molecular weight excluding hydrogens is 348 g/mol. The molecule has 1 N–H and O–H groups in total. The summed E-state index contributed by atoms with van der Waals surface area (Å²) in [6.07, 6.45) is 4.79. The van der Waals surface area contributed by atoms with E-state index < -0.39 is 0 Å². The van der Waals surface area contributed by atoms with E-state index in [1.807, 2.05) is 59.5 Å². The normalized spacial score (nSPS) is 18.4. The molecule has 28 heavy (non-hydrogen) atoms. The zero-order valence-corrected chi connectivity index (χ0v) is 16.9. The third-order valence-corrected chi connectivity index (χ3v) is 5.39. The van der Waals surface area contributed by atoms with Gasteiger partial charge in [0.2, 0.25) is 11.8 Å². The minimum absolute atomic E-state index is 0.0147. The topological polar surface area (TPSA) is 49.4 Å². The number of hydrogen-bond donors (Lipinski definition) is 1.